The van der Waals surface area contributed by atoms with E-state index in [9.17, 15) is 4.79 Å². The van der Waals surface area contributed by atoms with Crippen LogP contribution in [0.1, 0.15) is 25.7 Å². The number of amides is 1. The third kappa shape index (κ3) is 3.13. The lowest BCUT2D eigenvalue weighted by Crippen LogP contribution is -2.43. The zero-order chi connectivity index (χ0) is 16.4. The molecule has 2 saturated heterocycles. The van der Waals surface area contributed by atoms with Gasteiger partial charge in [0.05, 0.1) is 0 Å². The van der Waals surface area contributed by atoms with Crippen LogP contribution in [0.15, 0.2) is 30.5 Å². The van der Waals surface area contributed by atoms with Gasteiger partial charge < -0.3 is 19.9 Å². The monoisotopic (exact) mass is 327 g/mol. The molecule has 2 fully saturated rings. The maximum atomic E-state index is 12.5. The fourth-order valence-corrected chi connectivity index (χ4v) is 4.16. The molecule has 0 saturated carbocycles. The van der Waals surface area contributed by atoms with Crippen molar-refractivity contribution in [1.82, 2.24) is 15.2 Å². The van der Waals surface area contributed by atoms with Crippen molar-refractivity contribution >= 4 is 17.0 Å². The molecule has 1 aromatic heterocycles. The number of nitrogens with one attached hydrogen (secondary N) is 2. The Hall–Kier alpha value is -2.01. The second-order valence-electron chi connectivity index (χ2n) is 6.98. The van der Waals surface area contributed by atoms with Crippen LogP contribution in [-0.2, 0) is 0 Å². The molecule has 5 nitrogen and oxygen atoms in total. The van der Waals surface area contributed by atoms with E-state index in [1.54, 1.807) is 6.20 Å². The normalized spacial score (nSPS) is 20.4. The molecule has 1 amide bonds. The molecule has 2 N–H and O–H groups in total. The minimum atomic E-state index is -0.219. The first-order valence-electron chi connectivity index (χ1n) is 9.05. The lowest BCUT2D eigenvalue weighted by Gasteiger charge is -2.37. The molecular formula is C19H25N3O2. The second kappa shape index (κ2) is 6.85. The Morgan fingerprint density at radius 2 is 1.75 bits per heavy atom. The van der Waals surface area contributed by atoms with E-state index in [4.69, 9.17) is 4.74 Å². The summed E-state index contributed by atoms with van der Waals surface area (Å²) in [5, 5.41) is 4.39. The second-order valence-corrected chi connectivity index (χ2v) is 6.98. The number of fused-ring (bicyclic) bond motifs is 1. The van der Waals surface area contributed by atoms with E-state index >= 15 is 0 Å². The summed E-state index contributed by atoms with van der Waals surface area (Å²) in [6.07, 6.45) is 6.32. The number of aromatic nitrogens is 1. The van der Waals surface area contributed by atoms with Crippen molar-refractivity contribution in [2.24, 2.45) is 11.8 Å². The third-order valence-electron chi connectivity index (χ3n) is 5.60. The van der Waals surface area contributed by atoms with Crippen molar-refractivity contribution in [3.63, 3.8) is 0 Å². The van der Waals surface area contributed by atoms with Crippen LogP contribution in [0, 0.1) is 11.8 Å². The number of rotatable bonds is 2. The minimum absolute atomic E-state index is 0.219. The van der Waals surface area contributed by atoms with E-state index in [-0.39, 0.29) is 6.09 Å². The van der Waals surface area contributed by atoms with Gasteiger partial charge in [0.25, 0.3) is 0 Å². The Labute approximate surface area is 142 Å². The van der Waals surface area contributed by atoms with Crippen molar-refractivity contribution in [3.05, 3.63) is 30.5 Å². The van der Waals surface area contributed by atoms with Crippen molar-refractivity contribution < 1.29 is 9.53 Å². The summed E-state index contributed by atoms with van der Waals surface area (Å²) in [5.74, 6) is 2.22. The molecule has 0 atom stereocenters. The molecule has 3 heterocycles. The van der Waals surface area contributed by atoms with Crippen LogP contribution in [0.5, 0.6) is 5.75 Å². The van der Waals surface area contributed by atoms with Gasteiger partial charge in [0.1, 0.15) is 0 Å². The van der Waals surface area contributed by atoms with Gasteiger partial charge in [0.15, 0.2) is 5.75 Å². The predicted octanol–water partition coefficient (Wildman–Crippen LogP) is 3.38. The van der Waals surface area contributed by atoms with E-state index in [0.29, 0.717) is 5.75 Å². The molecule has 128 valence electrons. The number of nitrogens with zero attached hydrogens (tertiary/aromatic N) is 1. The van der Waals surface area contributed by atoms with Gasteiger partial charge in [0.2, 0.25) is 0 Å². The maximum Gasteiger partial charge on any atom is 0.415 e. The quantitative estimate of drug-likeness (QED) is 0.889. The minimum Gasteiger partial charge on any atom is -0.408 e. The lowest BCUT2D eigenvalue weighted by molar-refractivity contribution is 0.111. The highest BCUT2D eigenvalue weighted by molar-refractivity contribution is 5.88. The zero-order valence-electron chi connectivity index (χ0n) is 14.0. The number of ether oxygens (including phenoxy) is 1. The Balaban J connectivity index is 1.34. The summed E-state index contributed by atoms with van der Waals surface area (Å²) < 4.78 is 5.63. The molecule has 2 aliphatic rings. The standard InChI is InChI=1S/C19H25N3O2/c23-19(24-18-13-21-17-4-2-1-3-16(17)18)22-11-7-15(8-12-22)14-5-9-20-10-6-14/h1-4,13-15,20-21H,5-12H2. The molecule has 0 radical (unpaired) electrons. The SMILES string of the molecule is O=C(Oc1c[nH]c2ccccc12)N1CCC(C2CCNCC2)CC1. The summed E-state index contributed by atoms with van der Waals surface area (Å²) in [7, 11) is 0. The van der Waals surface area contributed by atoms with Crippen LogP contribution in [-0.4, -0.2) is 42.2 Å². The van der Waals surface area contributed by atoms with Gasteiger partial charge in [-0.05, 0) is 62.7 Å². The zero-order valence-corrected chi connectivity index (χ0v) is 14.0. The third-order valence-corrected chi connectivity index (χ3v) is 5.60. The van der Waals surface area contributed by atoms with Crippen LogP contribution in [0.4, 0.5) is 4.79 Å². The van der Waals surface area contributed by atoms with E-state index in [2.05, 4.69) is 10.3 Å². The van der Waals surface area contributed by atoms with Gasteiger partial charge in [-0.3, -0.25) is 0 Å². The molecule has 0 aliphatic carbocycles. The van der Waals surface area contributed by atoms with Gasteiger partial charge in [-0.15, -0.1) is 0 Å². The summed E-state index contributed by atoms with van der Waals surface area (Å²) in [4.78, 5) is 17.5. The summed E-state index contributed by atoms with van der Waals surface area (Å²) in [6.45, 7) is 3.92. The number of hydrogen-bond donors (Lipinski definition) is 2. The smallest absolute Gasteiger partial charge is 0.408 e. The van der Waals surface area contributed by atoms with Crippen molar-refractivity contribution in [2.75, 3.05) is 26.2 Å². The molecular weight excluding hydrogens is 302 g/mol. The molecule has 0 bridgehead atoms. The first-order chi connectivity index (χ1) is 11.8. The summed E-state index contributed by atoms with van der Waals surface area (Å²) in [5.41, 5.74) is 0.991. The number of para-hydroxylation sites is 1. The van der Waals surface area contributed by atoms with E-state index in [0.717, 1.165) is 61.8 Å². The lowest BCUT2D eigenvalue weighted by atomic mass is 9.79. The number of H-pyrrole nitrogens is 1. The number of carbonyl (C=O) groups is 1. The van der Waals surface area contributed by atoms with Crippen LogP contribution < -0.4 is 10.1 Å². The molecule has 24 heavy (non-hydrogen) atoms. The Kier molecular flexibility index (Phi) is 4.43. The van der Waals surface area contributed by atoms with E-state index < -0.39 is 0 Å². The van der Waals surface area contributed by atoms with Crippen LogP contribution in [0.25, 0.3) is 10.9 Å². The fraction of sp³-hybridized carbons (Fsp3) is 0.526. The molecule has 0 unspecified atom stereocenters. The maximum absolute atomic E-state index is 12.5. The molecule has 0 spiro atoms. The molecule has 4 rings (SSSR count). The Bertz CT molecular complexity index is 697. The van der Waals surface area contributed by atoms with E-state index in [1.165, 1.54) is 12.8 Å². The number of hydrogen-bond acceptors (Lipinski definition) is 3. The first kappa shape index (κ1) is 15.5. The highest BCUT2D eigenvalue weighted by Gasteiger charge is 2.30. The van der Waals surface area contributed by atoms with Gasteiger partial charge in [-0.2, -0.15) is 0 Å². The summed E-state index contributed by atoms with van der Waals surface area (Å²) in [6, 6.07) is 7.88. The number of aromatic amines is 1. The number of likely N-dealkylation sites (tertiary alicyclic amines) is 1. The van der Waals surface area contributed by atoms with Gasteiger partial charge in [0, 0.05) is 30.2 Å². The fourth-order valence-electron chi connectivity index (χ4n) is 4.16. The van der Waals surface area contributed by atoms with E-state index in [1.807, 2.05) is 29.2 Å². The van der Waals surface area contributed by atoms with Crippen molar-refractivity contribution in [1.29, 1.82) is 0 Å². The predicted molar refractivity (Wildman–Crippen MR) is 94.2 cm³/mol. The van der Waals surface area contributed by atoms with Crippen molar-refractivity contribution in [2.45, 2.75) is 25.7 Å². The van der Waals surface area contributed by atoms with Crippen molar-refractivity contribution in [3.8, 4) is 5.75 Å². The van der Waals surface area contributed by atoms with Crippen LogP contribution in [0.2, 0.25) is 0 Å². The van der Waals surface area contributed by atoms with Gasteiger partial charge in [-0.25, -0.2) is 4.79 Å². The number of benzene rings is 1. The molecule has 2 aliphatic heterocycles. The number of piperidine rings is 2. The molecule has 2 aromatic rings. The average molecular weight is 327 g/mol. The van der Waals surface area contributed by atoms with Gasteiger partial charge >= 0.3 is 6.09 Å². The van der Waals surface area contributed by atoms with Crippen LogP contribution >= 0.6 is 0 Å². The Morgan fingerprint density at radius 1 is 1.04 bits per heavy atom. The number of carbonyl (C=O) groups excluding carboxylic acids is 1. The molecule has 1 aromatic carbocycles. The highest BCUT2D eigenvalue weighted by Crippen LogP contribution is 2.31. The van der Waals surface area contributed by atoms with Gasteiger partial charge in [-0.1, -0.05) is 12.1 Å². The average Bonchev–Trinajstić information content (AvgIpc) is 3.06. The first-order valence-corrected chi connectivity index (χ1v) is 9.05. The highest BCUT2D eigenvalue weighted by atomic mass is 16.6. The Morgan fingerprint density at radius 3 is 2.54 bits per heavy atom. The summed E-state index contributed by atoms with van der Waals surface area (Å²) >= 11 is 0. The molecule has 5 heteroatoms. The van der Waals surface area contributed by atoms with Crippen LogP contribution in [0.3, 0.4) is 0 Å². The largest absolute Gasteiger partial charge is 0.415 e. The topological polar surface area (TPSA) is 57.4 Å².